The molecule has 0 radical (unpaired) electrons. The predicted molar refractivity (Wildman–Crippen MR) is 100 cm³/mol. The Morgan fingerprint density at radius 1 is 1.00 bits per heavy atom. The van der Waals surface area contributed by atoms with E-state index in [4.69, 9.17) is 9.47 Å². The van der Waals surface area contributed by atoms with E-state index < -0.39 is 27.9 Å². The monoisotopic (exact) mass is 401 g/mol. The molecule has 0 saturated heterocycles. The number of nitrogens with zero attached hydrogens (tertiary/aromatic N) is 1. The van der Waals surface area contributed by atoms with Gasteiger partial charge in [-0.25, -0.2) is 17.5 Å². The number of benzene rings is 2. The van der Waals surface area contributed by atoms with Crippen LogP contribution in [0.4, 0.5) is 0 Å². The molecule has 0 aromatic heterocycles. The fourth-order valence-electron chi connectivity index (χ4n) is 3.09. The molecule has 0 saturated carbocycles. The number of carbonyl (C=O) groups excluding carboxylic acids is 2. The summed E-state index contributed by atoms with van der Waals surface area (Å²) in [5.41, 5.74) is 1.16. The molecule has 8 heteroatoms. The standard InChI is InChI=1S/C20H19NO6S/c1-13-9-11-15(12-10-13)28(24,25)21-17(14-7-5-4-6-8-14)16(20(23)27-3)18(26-2)19(21)22/h4-12,17H,1-3H3. The van der Waals surface area contributed by atoms with Gasteiger partial charge in [-0.3, -0.25) is 4.79 Å². The Morgan fingerprint density at radius 2 is 1.61 bits per heavy atom. The zero-order valence-corrected chi connectivity index (χ0v) is 16.4. The van der Waals surface area contributed by atoms with E-state index >= 15 is 0 Å². The fraction of sp³-hybridized carbons (Fsp3) is 0.200. The van der Waals surface area contributed by atoms with Gasteiger partial charge >= 0.3 is 11.9 Å². The highest BCUT2D eigenvalue weighted by Crippen LogP contribution is 2.42. The van der Waals surface area contributed by atoms with E-state index in [0.29, 0.717) is 9.87 Å². The average Bonchev–Trinajstić information content (AvgIpc) is 3.01. The number of hydrogen-bond acceptors (Lipinski definition) is 6. The summed E-state index contributed by atoms with van der Waals surface area (Å²) in [6.45, 7) is 1.82. The number of hydrogen-bond donors (Lipinski definition) is 0. The Bertz CT molecular complexity index is 1040. The number of carbonyl (C=O) groups is 2. The van der Waals surface area contributed by atoms with E-state index in [0.717, 1.165) is 12.7 Å². The van der Waals surface area contributed by atoms with Crippen molar-refractivity contribution >= 4 is 21.9 Å². The Balaban J connectivity index is 2.23. The van der Waals surface area contributed by atoms with Gasteiger partial charge in [0.2, 0.25) is 0 Å². The van der Waals surface area contributed by atoms with Crippen LogP contribution in [0.25, 0.3) is 0 Å². The lowest BCUT2D eigenvalue weighted by molar-refractivity contribution is -0.136. The normalized spacial score (nSPS) is 17.0. The van der Waals surface area contributed by atoms with Crippen molar-refractivity contribution in [3.63, 3.8) is 0 Å². The predicted octanol–water partition coefficient (Wildman–Crippen LogP) is 2.34. The molecule has 0 fully saturated rings. The highest BCUT2D eigenvalue weighted by molar-refractivity contribution is 7.89. The van der Waals surface area contributed by atoms with Gasteiger partial charge in [0.05, 0.1) is 19.1 Å². The summed E-state index contributed by atoms with van der Waals surface area (Å²) in [7, 11) is -1.90. The van der Waals surface area contributed by atoms with Gasteiger partial charge in [-0.15, -0.1) is 0 Å². The highest BCUT2D eigenvalue weighted by atomic mass is 32.2. The maximum atomic E-state index is 13.3. The van der Waals surface area contributed by atoms with Crippen molar-refractivity contribution in [3.8, 4) is 0 Å². The van der Waals surface area contributed by atoms with Crippen LogP contribution in [-0.2, 0) is 29.1 Å². The van der Waals surface area contributed by atoms with E-state index in [-0.39, 0.29) is 16.2 Å². The number of ether oxygens (including phenoxy) is 2. The second-order valence-corrected chi connectivity index (χ2v) is 7.99. The summed E-state index contributed by atoms with van der Waals surface area (Å²) in [5.74, 6) is -2.10. The molecule has 0 aliphatic carbocycles. The van der Waals surface area contributed by atoms with Crippen LogP contribution in [0.5, 0.6) is 0 Å². The zero-order chi connectivity index (χ0) is 20.5. The number of aryl methyl sites for hydroxylation is 1. The molecule has 1 heterocycles. The van der Waals surface area contributed by atoms with Crippen LogP contribution >= 0.6 is 0 Å². The SMILES string of the molecule is COC(=O)C1=C(OC)C(=O)N(S(=O)(=O)c2ccc(C)cc2)C1c1ccccc1. The van der Waals surface area contributed by atoms with Crippen molar-refractivity contribution in [1.82, 2.24) is 4.31 Å². The first-order valence-corrected chi connectivity index (χ1v) is 9.83. The van der Waals surface area contributed by atoms with Crippen molar-refractivity contribution in [3.05, 3.63) is 77.1 Å². The Morgan fingerprint density at radius 3 is 2.14 bits per heavy atom. The van der Waals surface area contributed by atoms with Crippen LogP contribution in [0, 0.1) is 6.92 Å². The lowest BCUT2D eigenvalue weighted by Crippen LogP contribution is -2.37. The quantitative estimate of drug-likeness (QED) is 0.715. The summed E-state index contributed by atoms with van der Waals surface area (Å²) >= 11 is 0. The van der Waals surface area contributed by atoms with Gasteiger partial charge in [0.1, 0.15) is 11.6 Å². The van der Waals surface area contributed by atoms with Crippen molar-refractivity contribution in [1.29, 1.82) is 0 Å². The number of methoxy groups -OCH3 is 2. The number of sulfonamides is 1. The van der Waals surface area contributed by atoms with Crippen molar-refractivity contribution in [2.24, 2.45) is 0 Å². The van der Waals surface area contributed by atoms with Gasteiger partial charge in [0.25, 0.3) is 10.0 Å². The lowest BCUT2D eigenvalue weighted by Gasteiger charge is -2.26. The maximum Gasteiger partial charge on any atom is 0.340 e. The first-order chi connectivity index (χ1) is 13.3. The van der Waals surface area contributed by atoms with Gasteiger partial charge in [-0.05, 0) is 24.6 Å². The molecule has 3 rings (SSSR count). The van der Waals surface area contributed by atoms with Crippen LogP contribution in [0.1, 0.15) is 17.2 Å². The van der Waals surface area contributed by atoms with E-state index in [9.17, 15) is 18.0 Å². The first kappa shape index (κ1) is 19.6. The Labute approximate surface area is 163 Å². The van der Waals surface area contributed by atoms with Gasteiger partial charge in [-0.2, -0.15) is 0 Å². The molecule has 2 aromatic carbocycles. The molecule has 1 atom stereocenters. The molecule has 0 bridgehead atoms. The van der Waals surface area contributed by atoms with Gasteiger partial charge < -0.3 is 9.47 Å². The number of amides is 1. The van der Waals surface area contributed by atoms with Crippen molar-refractivity contribution in [2.45, 2.75) is 17.9 Å². The molecular formula is C20H19NO6S. The second-order valence-electron chi connectivity index (χ2n) is 6.17. The third-order valence-electron chi connectivity index (χ3n) is 4.45. The molecule has 7 nitrogen and oxygen atoms in total. The molecule has 0 spiro atoms. The van der Waals surface area contributed by atoms with Gasteiger partial charge in [0, 0.05) is 0 Å². The second kappa shape index (κ2) is 7.47. The van der Waals surface area contributed by atoms with E-state index in [2.05, 4.69) is 0 Å². The summed E-state index contributed by atoms with van der Waals surface area (Å²) < 4.78 is 37.2. The number of rotatable bonds is 5. The molecule has 0 N–H and O–H groups in total. The lowest BCUT2D eigenvalue weighted by atomic mass is 10.0. The topological polar surface area (TPSA) is 90.0 Å². The summed E-state index contributed by atoms with van der Waals surface area (Å²) in [6, 6.07) is 13.3. The molecule has 1 aliphatic rings. The molecule has 1 amide bonds. The third kappa shape index (κ3) is 3.16. The van der Waals surface area contributed by atoms with Crippen LogP contribution in [0.15, 0.2) is 70.8 Å². The highest BCUT2D eigenvalue weighted by Gasteiger charge is 2.50. The molecule has 1 unspecified atom stereocenters. The fourth-order valence-corrected chi connectivity index (χ4v) is 4.61. The molecular weight excluding hydrogens is 382 g/mol. The zero-order valence-electron chi connectivity index (χ0n) is 15.6. The minimum absolute atomic E-state index is 0.0612. The molecule has 2 aromatic rings. The Hall–Kier alpha value is -3.13. The average molecular weight is 401 g/mol. The minimum atomic E-state index is -4.27. The van der Waals surface area contributed by atoms with Crippen LogP contribution in [0.2, 0.25) is 0 Å². The van der Waals surface area contributed by atoms with Gasteiger partial charge in [0.15, 0.2) is 5.76 Å². The van der Waals surface area contributed by atoms with E-state index in [1.807, 2.05) is 6.92 Å². The largest absolute Gasteiger partial charge is 0.491 e. The smallest absolute Gasteiger partial charge is 0.340 e. The molecule has 1 aliphatic heterocycles. The van der Waals surface area contributed by atoms with Crippen LogP contribution in [-0.4, -0.2) is 38.8 Å². The van der Waals surface area contributed by atoms with Crippen molar-refractivity contribution in [2.75, 3.05) is 14.2 Å². The van der Waals surface area contributed by atoms with Crippen LogP contribution in [0.3, 0.4) is 0 Å². The third-order valence-corrected chi connectivity index (χ3v) is 6.21. The maximum absolute atomic E-state index is 13.3. The summed E-state index contributed by atoms with van der Waals surface area (Å²) in [4.78, 5) is 25.4. The molecule has 146 valence electrons. The number of esters is 1. The molecule has 28 heavy (non-hydrogen) atoms. The van der Waals surface area contributed by atoms with E-state index in [1.165, 1.54) is 19.2 Å². The van der Waals surface area contributed by atoms with E-state index in [1.54, 1.807) is 42.5 Å². The summed E-state index contributed by atoms with van der Waals surface area (Å²) in [6.07, 6.45) is 0. The first-order valence-electron chi connectivity index (χ1n) is 8.39. The van der Waals surface area contributed by atoms with Gasteiger partial charge in [-0.1, -0.05) is 48.0 Å². The van der Waals surface area contributed by atoms with Crippen molar-refractivity contribution < 1.29 is 27.5 Å². The van der Waals surface area contributed by atoms with Crippen LogP contribution < -0.4 is 0 Å². The Kier molecular flexibility index (Phi) is 5.24. The minimum Gasteiger partial charge on any atom is -0.491 e. The summed E-state index contributed by atoms with van der Waals surface area (Å²) in [5, 5.41) is 0.